The van der Waals surface area contributed by atoms with Gasteiger partial charge in [0.1, 0.15) is 0 Å². The number of ether oxygens (including phenoxy) is 1. The van der Waals surface area contributed by atoms with Gasteiger partial charge in [0.25, 0.3) is 0 Å². The Kier molecular flexibility index (Phi) is 3.98. The Morgan fingerprint density at radius 3 is 2.42 bits per heavy atom. The van der Waals surface area contributed by atoms with Gasteiger partial charge < -0.3 is 9.64 Å². The van der Waals surface area contributed by atoms with Crippen LogP contribution in [0.15, 0.2) is 0 Å². The Morgan fingerprint density at radius 1 is 1.33 bits per heavy atom. The fourth-order valence-electron chi connectivity index (χ4n) is 1.66. The zero-order chi connectivity index (χ0) is 8.97. The van der Waals surface area contributed by atoms with E-state index in [1.165, 1.54) is 0 Å². The van der Waals surface area contributed by atoms with Gasteiger partial charge in [-0.25, -0.2) is 0 Å². The average Bonchev–Trinajstić information content (AvgIpc) is 2.05. The Hall–Kier alpha value is -0.120. The van der Waals surface area contributed by atoms with Gasteiger partial charge in [0.15, 0.2) is 0 Å². The molecular formula is C9H20N2O. The first-order chi connectivity index (χ1) is 5.70. The van der Waals surface area contributed by atoms with Crippen molar-refractivity contribution in [1.82, 2.24) is 9.80 Å². The normalized spacial score (nSPS) is 23.0. The van der Waals surface area contributed by atoms with Crippen LogP contribution >= 0.6 is 0 Å². The molecule has 0 aromatic carbocycles. The molecule has 0 amide bonds. The number of rotatable bonds is 3. The van der Waals surface area contributed by atoms with Gasteiger partial charge >= 0.3 is 0 Å². The van der Waals surface area contributed by atoms with E-state index < -0.39 is 0 Å². The topological polar surface area (TPSA) is 15.7 Å². The molecule has 0 aliphatic carbocycles. The minimum absolute atomic E-state index is 0.656. The Morgan fingerprint density at radius 2 is 1.92 bits per heavy atom. The highest BCUT2D eigenvalue weighted by molar-refractivity contribution is 4.71. The van der Waals surface area contributed by atoms with Crippen molar-refractivity contribution in [3.8, 4) is 0 Å². The summed E-state index contributed by atoms with van der Waals surface area (Å²) < 4.78 is 5.30. The highest BCUT2D eigenvalue weighted by atomic mass is 16.5. The molecule has 12 heavy (non-hydrogen) atoms. The van der Waals surface area contributed by atoms with Crippen LogP contribution in [0.25, 0.3) is 0 Å². The van der Waals surface area contributed by atoms with E-state index in [2.05, 4.69) is 30.8 Å². The van der Waals surface area contributed by atoms with E-state index in [0.29, 0.717) is 6.04 Å². The minimum atomic E-state index is 0.656. The molecule has 0 radical (unpaired) electrons. The van der Waals surface area contributed by atoms with Crippen LogP contribution in [0.2, 0.25) is 0 Å². The van der Waals surface area contributed by atoms with Crippen molar-refractivity contribution >= 4 is 0 Å². The molecule has 3 heteroatoms. The Balaban J connectivity index is 2.24. The largest absolute Gasteiger partial charge is 0.379 e. The third-order valence-electron chi connectivity index (χ3n) is 2.30. The second-order valence-electron chi connectivity index (χ2n) is 3.76. The summed E-state index contributed by atoms with van der Waals surface area (Å²) in [6, 6.07) is 0.656. The fourth-order valence-corrected chi connectivity index (χ4v) is 1.66. The van der Waals surface area contributed by atoms with Crippen molar-refractivity contribution in [3.63, 3.8) is 0 Å². The van der Waals surface area contributed by atoms with E-state index in [9.17, 15) is 0 Å². The molecule has 1 aliphatic heterocycles. The summed E-state index contributed by atoms with van der Waals surface area (Å²) in [6.07, 6.45) is 0. The van der Waals surface area contributed by atoms with Crippen LogP contribution in [0, 0.1) is 0 Å². The first kappa shape index (κ1) is 9.96. The number of hydrogen-bond donors (Lipinski definition) is 0. The Labute approximate surface area is 75.3 Å². The summed E-state index contributed by atoms with van der Waals surface area (Å²) in [5.41, 5.74) is 0. The zero-order valence-electron chi connectivity index (χ0n) is 8.42. The summed E-state index contributed by atoms with van der Waals surface area (Å²) in [5, 5.41) is 0. The van der Waals surface area contributed by atoms with Crippen molar-refractivity contribution in [3.05, 3.63) is 0 Å². The van der Waals surface area contributed by atoms with Gasteiger partial charge in [0.2, 0.25) is 0 Å². The maximum atomic E-state index is 5.30. The number of hydrogen-bond acceptors (Lipinski definition) is 3. The molecule has 1 unspecified atom stereocenters. The molecule has 0 aromatic rings. The molecule has 0 saturated carbocycles. The van der Waals surface area contributed by atoms with Crippen LogP contribution in [-0.2, 0) is 4.74 Å². The molecule has 1 atom stereocenters. The van der Waals surface area contributed by atoms with E-state index in [0.717, 1.165) is 32.8 Å². The molecule has 0 aromatic heterocycles. The van der Waals surface area contributed by atoms with Crippen LogP contribution in [0.4, 0.5) is 0 Å². The summed E-state index contributed by atoms with van der Waals surface area (Å²) in [5.74, 6) is 0. The number of morpholine rings is 1. The van der Waals surface area contributed by atoms with E-state index in [1.54, 1.807) is 0 Å². The van der Waals surface area contributed by atoms with Crippen LogP contribution in [0.5, 0.6) is 0 Å². The predicted octanol–water partition coefficient (Wildman–Crippen LogP) is 0.269. The lowest BCUT2D eigenvalue weighted by Gasteiger charge is -2.33. The zero-order valence-corrected chi connectivity index (χ0v) is 8.42. The van der Waals surface area contributed by atoms with Gasteiger partial charge in [-0.15, -0.1) is 0 Å². The van der Waals surface area contributed by atoms with Gasteiger partial charge in [0.05, 0.1) is 13.2 Å². The number of likely N-dealkylation sites (N-methyl/N-ethyl adjacent to an activating group) is 1. The average molecular weight is 172 g/mol. The third kappa shape index (κ3) is 3.09. The highest BCUT2D eigenvalue weighted by Gasteiger charge is 2.16. The molecule has 0 N–H and O–H groups in total. The second-order valence-corrected chi connectivity index (χ2v) is 3.76. The minimum Gasteiger partial charge on any atom is -0.379 e. The molecule has 1 fully saturated rings. The molecule has 1 heterocycles. The molecule has 0 bridgehead atoms. The summed E-state index contributed by atoms with van der Waals surface area (Å²) in [6.45, 7) is 7.41. The standard InChI is InChI=1S/C9H20N2O/c1-9(8-10(2)3)11-4-6-12-7-5-11/h9H,4-8H2,1-3H3. The van der Waals surface area contributed by atoms with Gasteiger partial charge in [-0.3, -0.25) is 4.90 Å². The van der Waals surface area contributed by atoms with Gasteiger partial charge in [0, 0.05) is 25.7 Å². The van der Waals surface area contributed by atoms with Crippen molar-refractivity contribution in [2.45, 2.75) is 13.0 Å². The van der Waals surface area contributed by atoms with Crippen LogP contribution < -0.4 is 0 Å². The lowest BCUT2D eigenvalue weighted by Crippen LogP contribution is -2.46. The van der Waals surface area contributed by atoms with E-state index in [-0.39, 0.29) is 0 Å². The van der Waals surface area contributed by atoms with Crippen LogP contribution in [0.1, 0.15) is 6.92 Å². The predicted molar refractivity (Wildman–Crippen MR) is 50.4 cm³/mol. The SMILES string of the molecule is CC(CN(C)C)N1CCOCC1. The van der Waals surface area contributed by atoms with Crippen molar-refractivity contribution in [2.24, 2.45) is 0 Å². The van der Waals surface area contributed by atoms with Gasteiger partial charge in [-0.2, -0.15) is 0 Å². The smallest absolute Gasteiger partial charge is 0.0594 e. The molecular weight excluding hydrogens is 152 g/mol. The van der Waals surface area contributed by atoms with Gasteiger partial charge in [-0.1, -0.05) is 0 Å². The second kappa shape index (κ2) is 4.80. The third-order valence-corrected chi connectivity index (χ3v) is 2.30. The molecule has 72 valence electrons. The van der Waals surface area contributed by atoms with Crippen molar-refractivity contribution in [1.29, 1.82) is 0 Å². The van der Waals surface area contributed by atoms with Crippen LogP contribution in [0.3, 0.4) is 0 Å². The van der Waals surface area contributed by atoms with Crippen molar-refractivity contribution < 1.29 is 4.74 Å². The summed E-state index contributed by atoms with van der Waals surface area (Å²) in [7, 11) is 4.24. The monoisotopic (exact) mass is 172 g/mol. The highest BCUT2D eigenvalue weighted by Crippen LogP contribution is 2.03. The Bertz CT molecular complexity index is 122. The lowest BCUT2D eigenvalue weighted by atomic mass is 10.2. The summed E-state index contributed by atoms with van der Waals surface area (Å²) >= 11 is 0. The molecule has 0 spiro atoms. The first-order valence-electron chi connectivity index (χ1n) is 4.66. The molecule has 1 saturated heterocycles. The van der Waals surface area contributed by atoms with E-state index in [1.807, 2.05) is 0 Å². The molecule has 1 aliphatic rings. The lowest BCUT2D eigenvalue weighted by molar-refractivity contribution is 0.0155. The van der Waals surface area contributed by atoms with Crippen LogP contribution in [-0.4, -0.2) is 62.8 Å². The maximum Gasteiger partial charge on any atom is 0.0594 e. The van der Waals surface area contributed by atoms with E-state index >= 15 is 0 Å². The maximum absolute atomic E-state index is 5.30. The molecule has 3 nitrogen and oxygen atoms in total. The first-order valence-corrected chi connectivity index (χ1v) is 4.66. The van der Waals surface area contributed by atoms with Gasteiger partial charge in [-0.05, 0) is 21.0 Å². The van der Waals surface area contributed by atoms with E-state index in [4.69, 9.17) is 4.74 Å². The van der Waals surface area contributed by atoms with Crippen molar-refractivity contribution in [2.75, 3.05) is 46.9 Å². The fraction of sp³-hybridized carbons (Fsp3) is 1.00. The molecule has 1 rings (SSSR count). The quantitative estimate of drug-likeness (QED) is 0.607. The number of nitrogens with zero attached hydrogens (tertiary/aromatic N) is 2. The summed E-state index contributed by atoms with van der Waals surface area (Å²) in [4.78, 5) is 4.73.